The van der Waals surface area contributed by atoms with E-state index in [-0.39, 0.29) is 39.8 Å². The number of hydrogen-bond acceptors (Lipinski definition) is 2. The van der Waals surface area contributed by atoms with E-state index in [0.29, 0.717) is 11.4 Å². The molecule has 0 spiro atoms. The van der Waals surface area contributed by atoms with Crippen molar-refractivity contribution in [2.75, 3.05) is 10.0 Å². The van der Waals surface area contributed by atoms with Crippen LogP contribution in [0.15, 0.2) is 71.2 Å². The Balaban J connectivity index is 0.00000176. The number of hydrazine groups is 1. The third-order valence-corrected chi connectivity index (χ3v) is 3.66. The summed E-state index contributed by atoms with van der Waals surface area (Å²) in [6.07, 6.45) is 0. The summed E-state index contributed by atoms with van der Waals surface area (Å²) in [7, 11) is 0. The molecule has 0 N–H and O–H groups in total. The van der Waals surface area contributed by atoms with Gasteiger partial charge in [0.1, 0.15) is 0 Å². The Hall–Kier alpha value is -1.62. The summed E-state index contributed by atoms with van der Waals surface area (Å²) in [6, 6.07) is 18.2. The van der Waals surface area contributed by atoms with E-state index in [1.165, 1.54) is 15.0 Å². The van der Waals surface area contributed by atoms with Gasteiger partial charge in [0.2, 0.25) is 0 Å². The van der Waals surface area contributed by atoms with Gasteiger partial charge in [-0.05, 0) is 0 Å². The Morgan fingerprint density at radius 1 is 0.727 bits per heavy atom. The Kier molecular flexibility index (Phi) is 5.40. The summed E-state index contributed by atoms with van der Waals surface area (Å²) in [4.78, 5) is 26.4. The maximum absolute atomic E-state index is 12.5. The number of carbonyl (C=O) groups is 2. The predicted octanol–water partition coefficient (Wildman–Crippen LogP) is 2.03. The summed E-state index contributed by atoms with van der Waals surface area (Å²) in [6.45, 7) is 0. The van der Waals surface area contributed by atoms with Gasteiger partial charge >= 0.3 is 130 Å². The number of nitrogens with zero attached hydrogens (tertiary/aromatic N) is 2. The molecule has 1 aliphatic heterocycles. The number of rotatable bonds is 2. The third-order valence-electron chi connectivity index (χ3n) is 3.16. The molecule has 4 nitrogen and oxygen atoms in total. The average Bonchev–Trinajstić information content (AvgIpc) is 2.79. The Labute approximate surface area is 152 Å². The minimum atomic E-state index is -0.339. The second kappa shape index (κ2) is 7.09. The van der Waals surface area contributed by atoms with E-state index in [4.69, 9.17) is 0 Å². The van der Waals surface area contributed by atoms with Crippen molar-refractivity contribution in [3.05, 3.63) is 71.2 Å². The fraction of sp³-hybridized carbons (Fsp3) is 0. The Morgan fingerprint density at radius 3 is 1.41 bits per heavy atom. The van der Waals surface area contributed by atoms with Gasteiger partial charge in [0.25, 0.3) is 0 Å². The first-order chi connectivity index (χ1) is 10.2. The van der Waals surface area contributed by atoms with E-state index < -0.39 is 0 Å². The zero-order valence-electron chi connectivity index (χ0n) is 11.3. The topological polar surface area (TPSA) is 40.6 Å². The van der Waals surface area contributed by atoms with Gasteiger partial charge < -0.3 is 0 Å². The van der Waals surface area contributed by atoms with E-state index in [1.807, 2.05) is 36.4 Å². The molecule has 0 aromatic heterocycles. The first-order valence-electron chi connectivity index (χ1n) is 6.35. The van der Waals surface area contributed by atoms with Gasteiger partial charge in [-0.3, -0.25) is 0 Å². The number of hydrogen-bond donors (Lipinski definition) is 0. The Morgan fingerprint density at radius 2 is 1.09 bits per heavy atom. The van der Waals surface area contributed by atoms with Crippen LogP contribution in [0.25, 0.3) is 0 Å². The zero-order chi connectivity index (χ0) is 14.8. The molecule has 0 bridgehead atoms. The molecule has 2 radical (unpaired) electrons. The van der Waals surface area contributed by atoms with Crippen LogP contribution in [0.4, 0.5) is 11.4 Å². The number of benzene rings is 2. The third kappa shape index (κ3) is 2.82. The van der Waals surface area contributed by atoms with Crippen LogP contribution >= 0.6 is 0 Å². The molecule has 114 valence electrons. The molecule has 0 atom stereocenters. The van der Waals surface area contributed by atoms with Crippen molar-refractivity contribution in [3.8, 4) is 0 Å². The molecule has 1 heterocycles. The molecule has 1 saturated heterocycles. The molecule has 2 aromatic carbocycles. The van der Waals surface area contributed by atoms with E-state index in [9.17, 15) is 9.59 Å². The molecule has 2 aromatic rings. The van der Waals surface area contributed by atoms with Crippen molar-refractivity contribution >= 4 is 39.2 Å². The SMILES string of the molecule is O=C1C(=C[Se])C(=O)N(c2ccccc2)N1c1ccccc1.[Au]. The standard InChI is InChI=1S/C16H11N2O2Se.Au/c19-15-14(11-21)16(20)18(13-9-5-2-6-10-13)17(15)12-7-3-1-4-8-12;/h1-11H;. The molecular formula is C16H11AuN2O2Se. The van der Waals surface area contributed by atoms with Gasteiger partial charge in [0.05, 0.1) is 0 Å². The maximum atomic E-state index is 12.5. The average molecular weight is 539 g/mol. The molecule has 3 rings (SSSR count). The number of amides is 2. The molecule has 22 heavy (non-hydrogen) atoms. The molecule has 0 unspecified atom stereocenters. The van der Waals surface area contributed by atoms with E-state index >= 15 is 0 Å². The van der Waals surface area contributed by atoms with Gasteiger partial charge in [-0.25, -0.2) is 0 Å². The van der Waals surface area contributed by atoms with E-state index in [1.54, 1.807) is 24.3 Å². The summed E-state index contributed by atoms with van der Waals surface area (Å²) in [5, 5.41) is 2.78. The van der Waals surface area contributed by atoms with Crippen molar-refractivity contribution in [1.29, 1.82) is 0 Å². The predicted molar refractivity (Wildman–Crippen MR) is 81.7 cm³/mol. The summed E-state index contributed by atoms with van der Waals surface area (Å²) in [5.41, 5.74) is 1.43. The largest absolute Gasteiger partial charge is 0 e. The van der Waals surface area contributed by atoms with Crippen LogP contribution in [-0.4, -0.2) is 27.8 Å². The van der Waals surface area contributed by atoms with Crippen LogP contribution in [0, 0.1) is 0 Å². The van der Waals surface area contributed by atoms with Gasteiger partial charge in [-0.2, -0.15) is 0 Å². The van der Waals surface area contributed by atoms with Crippen molar-refractivity contribution in [2.24, 2.45) is 0 Å². The van der Waals surface area contributed by atoms with Crippen LogP contribution in [0.5, 0.6) is 0 Å². The van der Waals surface area contributed by atoms with Crippen molar-refractivity contribution < 1.29 is 32.0 Å². The zero-order valence-corrected chi connectivity index (χ0v) is 15.2. The van der Waals surface area contributed by atoms with Crippen molar-refractivity contribution in [2.45, 2.75) is 0 Å². The van der Waals surface area contributed by atoms with Crippen LogP contribution < -0.4 is 10.0 Å². The monoisotopic (exact) mass is 540 g/mol. The molecule has 1 fully saturated rings. The number of para-hydroxylation sites is 2. The van der Waals surface area contributed by atoms with Gasteiger partial charge in [0.15, 0.2) is 0 Å². The van der Waals surface area contributed by atoms with Gasteiger partial charge in [0, 0.05) is 22.4 Å². The van der Waals surface area contributed by atoms with Crippen LogP contribution in [0.1, 0.15) is 0 Å². The summed E-state index contributed by atoms with van der Waals surface area (Å²) >= 11 is 2.63. The second-order valence-electron chi connectivity index (χ2n) is 4.44. The molecule has 0 saturated carbocycles. The van der Waals surface area contributed by atoms with Gasteiger partial charge in [-0.1, -0.05) is 0 Å². The normalized spacial score (nSPS) is 14.1. The molecule has 6 heteroatoms. The van der Waals surface area contributed by atoms with E-state index in [2.05, 4.69) is 16.0 Å². The fourth-order valence-corrected chi connectivity index (χ4v) is 2.63. The summed E-state index contributed by atoms with van der Waals surface area (Å²) < 4.78 is 0. The first-order valence-corrected chi connectivity index (χ1v) is 7.34. The molecule has 2 amide bonds. The smallest absolute Gasteiger partial charge is 0 e. The first kappa shape index (κ1) is 16.7. The minimum absolute atomic E-state index is 0. The van der Waals surface area contributed by atoms with E-state index in [0.717, 1.165) is 0 Å². The van der Waals surface area contributed by atoms with Gasteiger partial charge in [-0.15, -0.1) is 0 Å². The Bertz CT molecular complexity index is 660. The summed E-state index contributed by atoms with van der Waals surface area (Å²) in [5.74, 6) is -0.678. The molecule has 0 aliphatic carbocycles. The maximum Gasteiger partial charge on any atom is 0 e. The van der Waals surface area contributed by atoms with Crippen molar-refractivity contribution in [3.63, 3.8) is 0 Å². The minimum Gasteiger partial charge on any atom is 0 e. The number of carbonyl (C=O) groups excluding carboxylic acids is 2. The van der Waals surface area contributed by atoms with Crippen molar-refractivity contribution in [1.82, 2.24) is 0 Å². The van der Waals surface area contributed by atoms with Crippen LogP contribution in [0.2, 0.25) is 0 Å². The fourth-order valence-electron chi connectivity index (χ4n) is 2.21. The second-order valence-corrected chi connectivity index (χ2v) is 4.93. The van der Waals surface area contributed by atoms with Crippen LogP contribution in [0.3, 0.4) is 0 Å². The molecular weight excluding hydrogens is 528 g/mol. The molecule has 1 aliphatic rings. The quantitative estimate of drug-likeness (QED) is 0.333. The van der Waals surface area contributed by atoms with Crippen LogP contribution in [-0.2, 0) is 32.0 Å². The number of anilines is 2.